The van der Waals surface area contributed by atoms with E-state index in [1.54, 1.807) is 0 Å². The number of ether oxygens (including phenoxy) is 2. The van der Waals surface area contributed by atoms with Crippen LogP contribution in [-0.4, -0.2) is 59.9 Å². The molecular weight excluding hydrogens is 527 g/mol. The van der Waals surface area contributed by atoms with Gasteiger partial charge in [-0.2, -0.15) is 0 Å². The molecule has 0 spiro atoms. The molecule has 1 unspecified atom stereocenters. The third-order valence-corrected chi connectivity index (χ3v) is 6.28. The van der Waals surface area contributed by atoms with Crippen molar-refractivity contribution in [2.75, 3.05) is 30.3 Å². The molecule has 3 heterocycles. The first-order chi connectivity index (χ1) is 18.5. The van der Waals surface area contributed by atoms with Gasteiger partial charge in [-0.3, -0.25) is 19.5 Å². The quantitative estimate of drug-likeness (QED) is 0.420. The first-order valence-corrected chi connectivity index (χ1v) is 11.8. The number of alkyl halides is 3. The number of carbonyl (C=O) groups is 2. The number of nitrogens with zero attached hydrogens (tertiary/aromatic N) is 2. The fourth-order valence-electron chi connectivity index (χ4n) is 4.57. The van der Waals surface area contributed by atoms with Crippen LogP contribution in [0.4, 0.5) is 33.3 Å². The van der Waals surface area contributed by atoms with Gasteiger partial charge in [-0.15, -0.1) is 13.2 Å². The number of fused-ring (bicyclic) bond motifs is 2. The first-order valence-electron chi connectivity index (χ1n) is 11.8. The minimum Gasteiger partial charge on any atom is -0.404 e. The van der Waals surface area contributed by atoms with Crippen LogP contribution in [0, 0.1) is 11.6 Å². The molecule has 5 rings (SSSR count). The SMILES string of the molecule is O=C(CN1CC2C[C@H]1CO2)Nc1cc(NC(=O)c2ccc(-c3cc(F)cc(F)c3)nc2)ccc1OC(F)(F)F. The number of anilines is 2. The lowest BCUT2D eigenvalue weighted by Gasteiger charge is -2.26. The molecule has 2 bridgehead atoms. The van der Waals surface area contributed by atoms with Crippen LogP contribution >= 0.6 is 0 Å². The van der Waals surface area contributed by atoms with E-state index < -0.39 is 35.6 Å². The van der Waals surface area contributed by atoms with Crippen LogP contribution in [0.5, 0.6) is 5.75 Å². The van der Waals surface area contributed by atoms with Crippen LogP contribution in [-0.2, 0) is 9.53 Å². The van der Waals surface area contributed by atoms with Gasteiger partial charge in [-0.1, -0.05) is 0 Å². The number of pyridine rings is 1. The molecule has 2 atom stereocenters. The lowest BCUT2D eigenvalue weighted by atomic mass is 10.1. The summed E-state index contributed by atoms with van der Waals surface area (Å²) in [6, 6.07) is 9.06. The number of benzene rings is 2. The zero-order valence-corrected chi connectivity index (χ0v) is 20.1. The van der Waals surface area contributed by atoms with Gasteiger partial charge in [-0.05, 0) is 48.9 Å². The zero-order chi connectivity index (χ0) is 27.7. The highest BCUT2D eigenvalue weighted by Gasteiger charge is 2.39. The molecule has 8 nitrogen and oxygen atoms in total. The molecule has 3 aromatic rings. The van der Waals surface area contributed by atoms with Gasteiger partial charge in [0.05, 0.1) is 36.2 Å². The van der Waals surface area contributed by atoms with Crippen molar-refractivity contribution in [3.63, 3.8) is 0 Å². The zero-order valence-electron chi connectivity index (χ0n) is 20.1. The Balaban J connectivity index is 1.30. The van der Waals surface area contributed by atoms with Crippen molar-refractivity contribution < 1.29 is 41.0 Å². The van der Waals surface area contributed by atoms with Crippen molar-refractivity contribution in [3.05, 3.63) is 71.9 Å². The van der Waals surface area contributed by atoms with Crippen LogP contribution in [0.1, 0.15) is 16.8 Å². The Bertz CT molecular complexity index is 1380. The van der Waals surface area contributed by atoms with Crippen molar-refractivity contribution in [1.82, 2.24) is 9.88 Å². The number of hydrogen-bond acceptors (Lipinski definition) is 6. The monoisotopic (exact) mass is 548 g/mol. The molecule has 2 amide bonds. The molecule has 0 aliphatic carbocycles. The number of rotatable bonds is 7. The number of hydrogen-bond donors (Lipinski definition) is 2. The number of likely N-dealkylation sites (tertiary alicyclic amines) is 1. The van der Waals surface area contributed by atoms with Gasteiger partial charge in [0.25, 0.3) is 5.91 Å². The Morgan fingerprint density at radius 2 is 1.82 bits per heavy atom. The van der Waals surface area contributed by atoms with Crippen molar-refractivity contribution in [2.24, 2.45) is 0 Å². The summed E-state index contributed by atoms with van der Waals surface area (Å²) in [5.74, 6) is -3.42. The highest BCUT2D eigenvalue weighted by atomic mass is 19.4. The lowest BCUT2D eigenvalue weighted by molar-refractivity contribution is -0.274. The number of aromatic nitrogens is 1. The van der Waals surface area contributed by atoms with Gasteiger partial charge in [0.15, 0.2) is 5.75 Å². The first kappa shape index (κ1) is 26.5. The van der Waals surface area contributed by atoms with Crippen molar-refractivity contribution in [3.8, 4) is 17.0 Å². The second-order valence-electron chi connectivity index (χ2n) is 9.13. The number of halogens is 5. The molecule has 2 aromatic carbocycles. The highest BCUT2D eigenvalue weighted by Crippen LogP contribution is 2.33. The Morgan fingerprint density at radius 1 is 1.05 bits per heavy atom. The second-order valence-corrected chi connectivity index (χ2v) is 9.13. The fraction of sp³-hybridized carbons (Fsp3) is 0.269. The van der Waals surface area contributed by atoms with Gasteiger partial charge in [0.2, 0.25) is 5.91 Å². The number of amides is 2. The molecule has 2 fully saturated rings. The Morgan fingerprint density at radius 3 is 2.44 bits per heavy atom. The number of nitrogens with one attached hydrogen (secondary N) is 2. The molecule has 2 N–H and O–H groups in total. The van der Waals surface area contributed by atoms with Crippen molar-refractivity contribution in [2.45, 2.75) is 24.9 Å². The van der Waals surface area contributed by atoms with E-state index >= 15 is 0 Å². The molecule has 204 valence electrons. The van der Waals surface area contributed by atoms with E-state index in [1.165, 1.54) is 24.4 Å². The van der Waals surface area contributed by atoms with Crippen LogP contribution in [0.2, 0.25) is 0 Å². The maximum atomic E-state index is 13.5. The second kappa shape index (κ2) is 10.6. The molecule has 2 aliphatic rings. The topological polar surface area (TPSA) is 92.8 Å². The molecule has 0 radical (unpaired) electrons. The number of carbonyl (C=O) groups excluding carboxylic acids is 2. The molecule has 39 heavy (non-hydrogen) atoms. The summed E-state index contributed by atoms with van der Waals surface area (Å²) >= 11 is 0. The van der Waals surface area contributed by atoms with Crippen LogP contribution in [0.15, 0.2) is 54.7 Å². The fourth-order valence-corrected chi connectivity index (χ4v) is 4.57. The van der Waals surface area contributed by atoms with Gasteiger partial charge >= 0.3 is 6.36 Å². The van der Waals surface area contributed by atoms with Gasteiger partial charge in [0, 0.05) is 36.1 Å². The predicted octanol–water partition coefficient (Wildman–Crippen LogP) is 4.59. The van der Waals surface area contributed by atoms with E-state index in [0.29, 0.717) is 13.2 Å². The van der Waals surface area contributed by atoms with Crippen LogP contribution in [0.3, 0.4) is 0 Å². The summed E-state index contributed by atoms with van der Waals surface area (Å²) in [6.07, 6.45) is -2.98. The molecule has 13 heteroatoms. The minimum absolute atomic E-state index is 0.0419. The maximum Gasteiger partial charge on any atom is 0.573 e. The summed E-state index contributed by atoms with van der Waals surface area (Å²) in [4.78, 5) is 31.3. The Kier molecular flexibility index (Phi) is 7.19. The third-order valence-electron chi connectivity index (χ3n) is 6.28. The average Bonchev–Trinajstić information content (AvgIpc) is 3.48. The Labute approximate surface area is 218 Å². The number of morpholine rings is 1. The average molecular weight is 548 g/mol. The van der Waals surface area contributed by atoms with Gasteiger partial charge in [0.1, 0.15) is 11.6 Å². The lowest BCUT2D eigenvalue weighted by Crippen LogP contribution is -2.41. The van der Waals surface area contributed by atoms with Gasteiger partial charge in [-0.25, -0.2) is 8.78 Å². The molecule has 2 aliphatic heterocycles. The highest BCUT2D eigenvalue weighted by molar-refractivity contribution is 6.05. The largest absolute Gasteiger partial charge is 0.573 e. The summed E-state index contributed by atoms with van der Waals surface area (Å²) in [6.45, 7) is 1.01. The van der Waals surface area contributed by atoms with Crippen molar-refractivity contribution in [1.29, 1.82) is 0 Å². The summed E-state index contributed by atoms with van der Waals surface area (Å²) < 4.78 is 75.4. The maximum absolute atomic E-state index is 13.5. The van der Waals surface area contributed by atoms with E-state index in [4.69, 9.17) is 4.74 Å². The van der Waals surface area contributed by atoms with Crippen LogP contribution < -0.4 is 15.4 Å². The van der Waals surface area contributed by atoms with E-state index in [9.17, 15) is 31.5 Å². The van der Waals surface area contributed by atoms with Crippen LogP contribution in [0.25, 0.3) is 11.3 Å². The van der Waals surface area contributed by atoms with Gasteiger partial charge < -0.3 is 20.1 Å². The third kappa shape index (κ3) is 6.49. The smallest absolute Gasteiger partial charge is 0.404 e. The molecular formula is C26H21F5N4O4. The standard InChI is InChI=1S/C26H21F5N4O4/c27-16-5-15(6-17(28)7-16)21-3-1-14(10-32-21)25(37)33-18-2-4-23(39-26(29,30)31)22(8-18)34-24(36)12-35-11-20-9-19(35)13-38-20/h1-8,10,19-20H,9,11-13H2,(H,33,37)(H,34,36)/t19-,20?/m0/s1. The van der Waals surface area contributed by atoms with E-state index in [1.807, 2.05) is 4.90 Å². The van der Waals surface area contributed by atoms with Crippen molar-refractivity contribution >= 4 is 23.2 Å². The minimum atomic E-state index is -5.01. The molecule has 0 saturated carbocycles. The Hall–Kier alpha value is -4.10. The van der Waals surface area contributed by atoms with E-state index in [-0.39, 0.29) is 46.9 Å². The molecule has 2 saturated heterocycles. The predicted molar refractivity (Wildman–Crippen MR) is 129 cm³/mol. The summed E-state index contributed by atoms with van der Waals surface area (Å²) in [5, 5.41) is 4.96. The van der Waals surface area contributed by atoms with E-state index in [2.05, 4.69) is 20.4 Å². The summed E-state index contributed by atoms with van der Waals surface area (Å²) in [7, 11) is 0. The summed E-state index contributed by atoms with van der Waals surface area (Å²) in [5.41, 5.74) is 0.269. The normalized spacial score (nSPS) is 18.7. The van der Waals surface area contributed by atoms with E-state index in [0.717, 1.165) is 36.8 Å². The molecule has 1 aromatic heterocycles.